The van der Waals surface area contributed by atoms with Crippen LogP contribution in [-0.2, 0) is 27.3 Å². The summed E-state index contributed by atoms with van der Waals surface area (Å²) >= 11 is 0. The summed E-state index contributed by atoms with van der Waals surface area (Å²) in [5.41, 5.74) is 2.96. The van der Waals surface area contributed by atoms with Gasteiger partial charge in [-0.15, -0.1) is 0 Å². The van der Waals surface area contributed by atoms with E-state index in [1.165, 1.54) is 7.11 Å². The second-order valence-corrected chi connectivity index (χ2v) is 7.57. The van der Waals surface area contributed by atoms with Crippen molar-refractivity contribution in [3.05, 3.63) is 95.6 Å². The molecule has 3 rings (SSSR count). The molecule has 6 heteroatoms. The first-order valence-electron chi connectivity index (χ1n) is 10.1. The van der Waals surface area contributed by atoms with Gasteiger partial charge < -0.3 is 14.8 Å². The van der Waals surface area contributed by atoms with Gasteiger partial charge in [-0.25, -0.2) is 9.59 Å². The fourth-order valence-electron chi connectivity index (χ4n) is 3.34. The maximum absolute atomic E-state index is 12.5. The van der Waals surface area contributed by atoms with Crippen LogP contribution in [0.3, 0.4) is 0 Å². The van der Waals surface area contributed by atoms with E-state index in [4.69, 9.17) is 14.7 Å². The molecule has 0 bridgehead atoms. The molecule has 0 saturated heterocycles. The predicted octanol–water partition coefficient (Wildman–Crippen LogP) is 4.63. The summed E-state index contributed by atoms with van der Waals surface area (Å²) in [6.45, 7) is 1.71. The lowest BCUT2D eigenvalue weighted by molar-refractivity contribution is -0.147. The van der Waals surface area contributed by atoms with Crippen molar-refractivity contribution in [2.45, 2.75) is 25.5 Å². The fourth-order valence-corrected chi connectivity index (χ4v) is 3.34. The minimum absolute atomic E-state index is 0.100. The highest BCUT2D eigenvalue weighted by Crippen LogP contribution is 2.23. The Labute approximate surface area is 187 Å². The first kappa shape index (κ1) is 22.6. The van der Waals surface area contributed by atoms with Gasteiger partial charge in [-0.1, -0.05) is 66.7 Å². The molecule has 1 unspecified atom stereocenters. The van der Waals surface area contributed by atoms with E-state index in [2.05, 4.69) is 11.4 Å². The van der Waals surface area contributed by atoms with Crippen LogP contribution in [0.2, 0.25) is 0 Å². The molecular formula is C26H24N2O4. The third-order valence-corrected chi connectivity index (χ3v) is 5.09. The topological polar surface area (TPSA) is 88.4 Å². The molecule has 0 aliphatic carbocycles. The number of hydrogen-bond acceptors (Lipinski definition) is 5. The van der Waals surface area contributed by atoms with Gasteiger partial charge in [-0.3, -0.25) is 0 Å². The van der Waals surface area contributed by atoms with Gasteiger partial charge in [0.2, 0.25) is 0 Å². The Balaban J connectivity index is 1.69. The second-order valence-electron chi connectivity index (χ2n) is 7.57. The fraction of sp³-hybridized carbons (Fsp3) is 0.192. The number of carbonyl (C=O) groups excluding carboxylic acids is 2. The number of alkyl carbamates (subject to hydrolysis) is 1. The zero-order valence-electron chi connectivity index (χ0n) is 18.0. The van der Waals surface area contributed by atoms with Crippen LogP contribution in [-0.4, -0.2) is 24.7 Å². The highest BCUT2D eigenvalue weighted by atomic mass is 16.6. The summed E-state index contributed by atoms with van der Waals surface area (Å²) < 4.78 is 10.2. The largest absolute Gasteiger partial charge is 0.467 e. The van der Waals surface area contributed by atoms with Crippen LogP contribution >= 0.6 is 0 Å². The third-order valence-electron chi connectivity index (χ3n) is 5.09. The molecule has 1 atom stereocenters. The lowest BCUT2D eigenvalue weighted by Gasteiger charge is -2.27. The molecule has 0 heterocycles. The number of amides is 1. The van der Waals surface area contributed by atoms with Crippen LogP contribution in [0, 0.1) is 11.3 Å². The van der Waals surface area contributed by atoms with Crippen LogP contribution in [0.25, 0.3) is 11.1 Å². The second kappa shape index (κ2) is 10.3. The maximum Gasteiger partial charge on any atom is 0.408 e. The van der Waals surface area contributed by atoms with Crippen LogP contribution in [0.1, 0.15) is 23.6 Å². The molecule has 0 spiro atoms. The molecule has 0 aliphatic heterocycles. The number of rotatable bonds is 7. The molecule has 0 saturated carbocycles. The number of nitriles is 1. The Hall–Kier alpha value is -4.11. The molecule has 32 heavy (non-hydrogen) atoms. The van der Waals surface area contributed by atoms with E-state index in [1.807, 2.05) is 66.7 Å². The monoisotopic (exact) mass is 428 g/mol. The van der Waals surface area contributed by atoms with Gasteiger partial charge in [-0.2, -0.15) is 5.26 Å². The number of carbonyl (C=O) groups is 2. The quantitative estimate of drug-likeness (QED) is 0.555. The Morgan fingerprint density at radius 3 is 2.06 bits per heavy atom. The van der Waals surface area contributed by atoms with Gasteiger partial charge in [0.05, 0.1) is 18.7 Å². The van der Waals surface area contributed by atoms with Crippen molar-refractivity contribution in [1.82, 2.24) is 5.32 Å². The van der Waals surface area contributed by atoms with Crippen LogP contribution in [0.4, 0.5) is 4.79 Å². The molecule has 0 fully saturated rings. The maximum atomic E-state index is 12.5. The number of benzene rings is 3. The Morgan fingerprint density at radius 2 is 1.50 bits per heavy atom. The van der Waals surface area contributed by atoms with E-state index >= 15 is 0 Å². The van der Waals surface area contributed by atoms with Crippen molar-refractivity contribution in [3.63, 3.8) is 0 Å². The first-order chi connectivity index (χ1) is 15.4. The highest BCUT2D eigenvalue weighted by Gasteiger charge is 2.37. The van der Waals surface area contributed by atoms with Crippen molar-refractivity contribution in [1.29, 1.82) is 5.26 Å². The minimum atomic E-state index is -1.29. The Morgan fingerprint density at radius 1 is 0.906 bits per heavy atom. The summed E-state index contributed by atoms with van der Waals surface area (Å²) in [6, 6.07) is 26.4. The van der Waals surface area contributed by atoms with Crippen molar-refractivity contribution < 1.29 is 19.1 Å². The van der Waals surface area contributed by atoms with Crippen molar-refractivity contribution in [2.75, 3.05) is 7.11 Å². The molecule has 1 amide bonds. The van der Waals surface area contributed by atoms with E-state index in [1.54, 1.807) is 19.1 Å². The SMILES string of the molecule is COC(=O)C(C)(Cc1ccc(-c2ccc(C#N)cc2)cc1)NC(=O)OCc1ccccc1. The average molecular weight is 428 g/mol. The third kappa shape index (κ3) is 5.73. The van der Waals surface area contributed by atoms with Crippen molar-refractivity contribution in [3.8, 4) is 17.2 Å². The van der Waals surface area contributed by atoms with Gasteiger partial charge in [0.15, 0.2) is 0 Å². The molecule has 162 valence electrons. The minimum Gasteiger partial charge on any atom is -0.467 e. The normalized spacial score (nSPS) is 12.2. The van der Waals surface area contributed by atoms with Crippen LogP contribution in [0.5, 0.6) is 0 Å². The van der Waals surface area contributed by atoms with Gasteiger partial charge in [-0.05, 0) is 41.3 Å². The lowest BCUT2D eigenvalue weighted by atomic mass is 9.91. The summed E-state index contributed by atoms with van der Waals surface area (Å²) in [5.74, 6) is -0.565. The van der Waals surface area contributed by atoms with E-state index in [0.717, 1.165) is 22.3 Å². The molecular weight excluding hydrogens is 404 g/mol. The summed E-state index contributed by atoms with van der Waals surface area (Å²) in [5, 5.41) is 11.6. The van der Waals surface area contributed by atoms with Gasteiger partial charge in [0.1, 0.15) is 12.1 Å². The van der Waals surface area contributed by atoms with E-state index < -0.39 is 17.6 Å². The van der Waals surface area contributed by atoms with E-state index in [0.29, 0.717) is 5.56 Å². The number of nitrogens with zero attached hydrogens (tertiary/aromatic N) is 1. The predicted molar refractivity (Wildman–Crippen MR) is 120 cm³/mol. The Bertz CT molecular complexity index is 1100. The van der Waals surface area contributed by atoms with Crippen LogP contribution in [0.15, 0.2) is 78.9 Å². The van der Waals surface area contributed by atoms with E-state index in [-0.39, 0.29) is 13.0 Å². The standard InChI is InChI=1S/C26H24N2O4/c1-26(24(29)31-2,28-25(30)32-18-21-6-4-3-5-7-21)16-19-8-12-22(13-9-19)23-14-10-20(17-27)11-15-23/h3-15H,16,18H2,1-2H3,(H,28,30). The van der Waals surface area contributed by atoms with Crippen molar-refractivity contribution in [2.24, 2.45) is 0 Å². The van der Waals surface area contributed by atoms with Crippen molar-refractivity contribution >= 4 is 12.1 Å². The molecule has 0 aromatic heterocycles. The zero-order chi connectivity index (χ0) is 23.0. The zero-order valence-corrected chi connectivity index (χ0v) is 18.0. The number of nitrogens with one attached hydrogen (secondary N) is 1. The summed E-state index contributed by atoms with van der Waals surface area (Å²) in [7, 11) is 1.28. The molecule has 0 aliphatic rings. The van der Waals surface area contributed by atoms with Gasteiger partial charge >= 0.3 is 12.1 Å². The highest BCUT2D eigenvalue weighted by molar-refractivity contribution is 5.85. The summed E-state index contributed by atoms with van der Waals surface area (Å²) in [4.78, 5) is 24.8. The molecule has 1 N–H and O–H groups in total. The molecule has 6 nitrogen and oxygen atoms in total. The van der Waals surface area contributed by atoms with Gasteiger partial charge in [0.25, 0.3) is 0 Å². The number of hydrogen-bond donors (Lipinski definition) is 1. The smallest absolute Gasteiger partial charge is 0.408 e. The lowest BCUT2D eigenvalue weighted by Crippen LogP contribution is -2.54. The molecule has 0 radical (unpaired) electrons. The molecule has 3 aromatic rings. The molecule has 3 aromatic carbocycles. The van der Waals surface area contributed by atoms with Gasteiger partial charge in [0, 0.05) is 6.42 Å². The number of methoxy groups -OCH3 is 1. The number of ether oxygens (including phenoxy) is 2. The Kier molecular flexibility index (Phi) is 7.25. The first-order valence-corrected chi connectivity index (χ1v) is 10.1. The number of esters is 1. The average Bonchev–Trinajstić information content (AvgIpc) is 2.83. The van der Waals surface area contributed by atoms with Crippen LogP contribution < -0.4 is 5.32 Å². The van der Waals surface area contributed by atoms with E-state index in [9.17, 15) is 9.59 Å². The summed E-state index contributed by atoms with van der Waals surface area (Å²) in [6.07, 6.45) is -0.468.